The zero-order valence-corrected chi connectivity index (χ0v) is 22.7. The number of likely N-dealkylation sites (N-methyl/N-ethyl adjacent to an activating group) is 1. The minimum Gasteiger partial charge on any atom is -0.368 e. The number of nitrogens with one attached hydrogen (secondary N) is 1. The molecule has 0 unspecified atom stereocenters. The van der Waals surface area contributed by atoms with Gasteiger partial charge in [-0.2, -0.15) is 0 Å². The number of carbonyl (C=O) groups is 1. The molecule has 0 saturated carbocycles. The fourth-order valence-corrected chi connectivity index (χ4v) is 5.40. The summed E-state index contributed by atoms with van der Waals surface area (Å²) < 4.78 is 27.1. The van der Waals surface area contributed by atoms with E-state index in [-0.39, 0.29) is 5.91 Å². The van der Waals surface area contributed by atoms with Gasteiger partial charge in [0.1, 0.15) is 5.84 Å². The molecule has 1 heterocycles. The van der Waals surface area contributed by atoms with Crippen molar-refractivity contribution in [1.29, 1.82) is 0 Å². The summed E-state index contributed by atoms with van der Waals surface area (Å²) >= 11 is 0. The van der Waals surface area contributed by atoms with Crippen molar-refractivity contribution >= 4 is 21.8 Å². The number of sulfonamides is 1. The molecule has 3 rings (SSSR count). The lowest BCUT2D eigenvalue weighted by molar-refractivity contribution is -0.130. The number of nitrogens with zero attached hydrogens (tertiary/aromatic N) is 3. The smallest absolute Gasteiger partial charge is 0.242 e. The van der Waals surface area contributed by atoms with Gasteiger partial charge >= 0.3 is 0 Å². The summed E-state index contributed by atoms with van der Waals surface area (Å²) in [4.78, 5) is 19.0. The molecule has 0 bridgehead atoms. The van der Waals surface area contributed by atoms with Crippen LogP contribution >= 0.6 is 0 Å². The van der Waals surface area contributed by atoms with Gasteiger partial charge < -0.3 is 10.2 Å². The van der Waals surface area contributed by atoms with Crippen molar-refractivity contribution in [3.63, 3.8) is 0 Å². The molecule has 0 spiro atoms. The lowest BCUT2D eigenvalue weighted by atomic mass is 10.1. The van der Waals surface area contributed by atoms with E-state index in [0.717, 1.165) is 55.7 Å². The number of carbonyl (C=O) groups excluding carboxylic acids is 1. The lowest BCUT2D eigenvalue weighted by Crippen LogP contribution is -2.31. The van der Waals surface area contributed by atoms with Gasteiger partial charge in [-0.15, -0.1) is 0 Å². The first-order valence-corrected chi connectivity index (χ1v) is 14.4. The number of benzene rings is 2. The fourth-order valence-electron chi connectivity index (χ4n) is 4.19. The van der Waals surface area contributed by atoms with Crippen LogP contribution in [0.25, 0.3) is 0 Å². The minimum absolute atomic E-state index is 0.0263. The number of rotatable bonds is 14. The van der Waals surface area contributed by atoms with E-state index in [4.69, 9.17) is 0 Å². The first kappa shape index (κ1) is 27.9. The summed E-state index contributed by atoms with van der Waals surface area (Å²) in [6, 6.07) is 15.5. The SMILES string of the molecule is CCCCCc1ccc(S(=O)(=O)N(C)CCCC(=O)N(C)CCc2ccc(C3=NCCN3)cc2)cc1. The predicted octanol–water partition coefficient (Wildman–Crippen LogP) is 3.87. The number of aliphatic imine (C=N–C) groups is 1. The van der Waals surface area contributed by atoms with Crippen LogP contribution in [0.2, 0.25) is 0 Å². The van der Waals surface area contributed by atoms with Crippen molar-refractivity contribution in [2.75, 3.05) is 40.3 Å². The van der Waals surface area contributed by atoms with Gasteiger partial charge in [0.2, 0.25) is 15.9 Å². The molecule has 2 aromatic carbocycles. The number of amides is 1. The molecule has 1 amide bonds. The first-order chi connectivity index (χ1) is 17.3. The monoisotopic (exact) mass is 512 g/mol. The van der Waals surface area contributed by atoms with E-state index in [0.29, 0.717) is 30.8 Å². The van der Waals surface area contributed by atoms with E-state index in [9.17, 15) is 13.2 Å². The van der Waals surface area contributed by atoms with Crippen molar-refractivity contribution in [1.82, 2.24) is 14.5 Å². The Bertz CT molecular complexity index is 1110. The Labute approximate surface area is 216 Å². The molecule has 1 N–H and O–H groups in total. The predicted molar refractivity (Wildman–Crippen MR) is 146 cm³/mol. The van der Waals surface area contributed by atoms with Crippen LogP contribution in [0.1, 0.15) is 55.7 Å². The van der Waals surface area contributed by atoms with E-state index in [2.05, 4.69) is 41.5 Å². The quantitative estimate of drug-likeness (QED) is 0.390. The number of unbranched alkanes of at least 4 members (excludes halogenated alkanes) is 2. The van der Waals surface area contributed by atoms with E-state index >= 15 is 0 Å². The zero-order valence-electron chi connectivity index (χ0n) is 21.9. The van der Waals surface area contributed by atoms with Gasteiger partial charge in [-0.1, -0.05) is 56.2 Å². The van der Waals surface area contributed by atoms with Gasteiger partial charge in [-0.3, -0.25) is 9.79 Å². The maximum absolute atomic E-state index is 12.9. The molecule has 2 aromatic rings. The highest BCUT2D eigenvalue weighted by Gasteiger charge is 2.21. The van der Waals surface area contributed by atoms with Gasteiger partial charge in [-0.05, 0) is 48.9 Å². The molecule has 0 atom stereocenters. The van der Waals surface area contributed by atoms with Gasteiger partial charge in [0.15, 0.2) is 0 Å². The molecular formula is C28H40N4O3S. The third kappa shape index (κ3) is 7.90. The molecular weight excluding hydrogens is 472 g/mol. The van der Waals surface area contributed by atoms with Gasteiger partial charge in [-0.25, -0.2) is 12.7 Å². The summed E-state index contributed by atoms with van der Waals surface area (Å²) in [5, 5.41) is 3.27. The fraction of sp³-hybridized carbons (Fsp3) is 0.500. The van der Waals surface area contributed by atoms with E-state index in [1.807, 2.05) is 12.1 Å². The van der Waals surface area contributed by atoms with Crippen molar-refractivity contribution in [3.05, 3.63) is 65.2 Å². The minimum atomic E-state index is -3.56. The molecule has 1 aliphatic rings. The Morgan fingerprint density at radius 1 is 0.917 bits per heavy atom. The molecule has 196 valence electrons. The summed E-state index contributed by atoms with van der Waals surface area (Å²) in [6.45, 7) is 4.80. The van der Waals surface area contributed by atoms with Crippen LogP contribution in [0, 0.1) is 0 Å². The first-order valence-electron chi connectivity index (χ1n) is 13.0. The van der Waals surface area contributed by atoms with E-state index in [1.54, 1.807) is 31.1 Å². The molecule has 0 aromatic heterocycles. The highest BCUT2D eigenvalue weighted by Crippen LogP contribution is 2.17. The van der Waals surface area contributed by atoms with Crippen molar-refractivity contribution in [2.45, 2.75) is 56.8 Å². The van der Waals surface area contributed by atoms with Gasteiger partial charge in [0, 0.05) is 45.7 Å². The lowest BCUT2D eigenvalue weighted by Gasteiger charge is -2.20. The molecule has 1 aliphatic heterocycles. The third-order valence-corrected chi connectivity index (χ3v) is 8.50. The summed E-state index contributed by atoms with van der Waals surface area (Å²) in [6.07, 6.45) is 6.00. The number of hydrogen-bond donors (Lipinski definition) is 1. The molecule has 0 radical (unpaired) electrons. The van der Waals surface area contributed by atoms with Crippen LogP contribution in [-0.4, -0.2) is 69.6 Å². The summed E-state index contributed by atoms with van der Waals surface area (Å²) in [5.74, 6) is 0.971. The third-order valence-electron chi connectivity index (χ3n) is 6.63. The van der Waals surface area contributed by atoms with Crippen LogP contribution in [0.15, 0.2) is 58.4 Å². The Morgan fingerprint density at radius 2 is 1.58 bits per heavy atom. The van der Waals surface area contributed by atoms with Crippen LogP contribution in [0.5, 0.6) is 0 Å². The van der Waals surface area contributed by atoms with Crippen LogP contribution in [0.3, 0.4) is 0 Å². The molecule has 36 heavy (non-hydrogen) atoms. The molecule has 7 nitrogen and oxygen atoms in total. The zero-order chi connectivity index (χ0) is 26.0. The Balaban J connectivity index is 1.40. The molecule has 8 heteroatoms. The topological polar surface area (TPSA) is 82.1 Å². The second kappa shape index (κ2) is 13.6. The Hall–Kier alpha value is -2.71. The Kier molecular flexibility index (Phi) is 10.5. The number of aryl methyl sites for hydroxylation is 1. The van der Waals surface area contributed by atoms with Crippen LogP contribution in [-0.2, 0) is 27.7 Å². The highest BCUT2D eigenvalue weighted by atomic mass is 32.2. The van der Waals surface area contributed by atoms with Crippen molar-refractivity contribution < 1.29 is 13.2 Å². The van der Waals surface area contributed by atoms with E-state index < -0.39 is 10.0 Å². The average Bonchev–Trinajstić information content (AvgIpc) is 3.43. The van der Waals surface area contributed by atoms with Gasteiger partial charge in [0.25, 0.3) is 0 Å². The summed E-state index contributed by atoms with van der Waals surface area (Å²) in [5.41, 5.74) is 3.41. The summed E-state index contributed by atoms with van der Waals surface area (Å²) in [7, 11) is -0.179. The van der Waals surface area contributed by atoms with Crippen LogP contribution in [0.4, 0.5) is 0 Å². The molecule has 0 saturated heterocycles. The number of amidine groups is 1. The second-order valence-electron chi connectivity index (χ2n) is 9.45. The van der Waals surface area contributed by atoms with Crippen molar-refractivity contribution in [3.8, 4) is 0 Å². The van der Waals surface area contributed by atoms with Gasteiger partial charge in [0.05, 0.1) is 11.4 Å². The average molecular weight is 513 g/mol. The maximum atomic E-state index is 12.9. The second-order valence-corrected chi connectivity index (χ2v) is 11.5. The number of hydrogen-bond acceptors (Lipinski definition) is 5. The molecule has 0 aliphatic carbocycles. The van der Waals surface area contributed by atoms with Crippen LogP contribution < -0.4 is 5.32 Å². The highest BCUT2D eigenvalue weighted by molar-refractivity contribution is 7.89. The standard InChI is InChI=1S/C28H40N4O3S/c1-4-5-6-8-23-12-16-26(17-13-23)36(34,35)32(3)21-7-9-27(33)31(2)22-18-24-10-14-25(15-11-24)28-29-19-20-30-28/h10-17H,4-9,18-22H2,1-3H3,(H,29,30). The van der Waals surface area contributed by atoms with E-state index in [1.165, 1.54) is 16.3 Å². The normalized spacial score (nSPS) is 13.5. The Morgan fingerprint density at radius 3 is 2.22 bits per heavy atom. The molecule has 0 fully saturated rings. The maximum Gasteiger partial charge on any atom is 0.242 e. The largest absolute Gasteiger partial charge is 0.368 e. The van der Waals surface area contributed by atoms with Crippen molar-refractivity contribution in [2.24, 2.45) is 4.99 Å².